The van der Waals surface area contributed by atoms with Crippen LogP contribution in [0.15, 0.2) is 189 Å². The average molecular weight is 766 g/mol. The Bertz CT molecular complexity index is 1840. The van der Waals surface area contributed by atoms with Crippen LogP contribution in [0.2, 0.25) is 0 Å². The van der Waals surface area contributed by atoms with Crippen molar-refractivity contribution in [3.05, 3.63) is 217 Å². The Morgan fingerprint density at radius 3 is 1.22 bits per heavy atom. The number of anilines is 3. The number of rotatable bonds is 9. The Balaban J connectivity index is 0.000000374. The molecule has 8 rings (SSSR count). The van der Waals surface area contributed by atoms with Gasteiger partial charge in [0.15, 0.2) is 0 Å². The second-order valence-corrected chi connectivity index (χ2v) is 11.7. The van der Waals surface area contributed by atoms with Crippen molar-refractivity contribution in [3.63, 3.8) is 0 Å². The number of aromatic nitrogens is 4. The molecule has 0 unspecified atom stereocenters. The molecule has 0 amide bonds. The van der Waals surface area contributed by atoms with E-state index in [9.17, 15) is 10.2 Å². The largest absolute Gasteiger partial charge is 1.00 e. The van der Waals surface area contributed by atoms with Crippen LogP contribution >= 0.6 is 0 Å². The molecule has 290 valence electrons. The summed E-state index contributed by atoms with van der Waals surface area (Å²) in [7, 11) is 0. The zero-order valence-corrected chi connectivity index (χ0v) is 33.0. The third-order valence-corrected chi connectivity index (χ3v) is 7.51. The van der Waals surface area contributed by atoms with Gasteiger partial charge in [-0.2, -0.15) is 0 Å². The van der Waals surface area contributed by atoms with Gasteiger partial charge in [0, 0.05) is 31.7 Å². The summed E-state index contributed by atoms with van der Waals surface area (Å²) in [5.74, 6) is 2.44. The van der Waals surface area contributed by atoms with Crippen molar-refractivity contribution in [1.82, 2.24) is 19.9 Å². The Morgan fingerprint density at radius 1 is 0.552 bits per heavy atom. The molecule has 1 fully saturated rings. The van der Waals surface area contributed by atoms with Gasteiger partial charge in [-0.05, 0) is 53.1 Å². The summed E-state index contributed by atoms with van der Waals surface area (Å²) >= 11 is 0. The summed E-state index contributed by atoms with van der Waals surface area (Å²) in [6.45, 7) is 1.83. The maximum absolute atomic E-state index is 9.89. The molecular weight excluding hydrogens is 716 g/mol. The fourth-order valence-electron chi connectivity index (χ4n) is 4.57. The fraction of sp³-hybridized carbons (Fsp3) is 0.136. The van der Waals surface area contributed by atoms with Crippen molar-refractivity contribution in [2.75, 3.05) is 36.1 Å². The van der Waals surface area contributed by atoms with Gasteiger partial charge in [0.1, 0.15) is 23.6 Å². The van der Waals surface area contributed by atoms with E-state index >= 15 is 0 Å². The number of hydrogen-bond donors (Lipinski definition) is 5. The normalized spacial score (nSPS) is 12.4. The summed E-state index contributed by atoms with van der Waals surface area (Å²) in [5.41, 5.74) is 15.3. The van der Waals surface area contributed by atoms with Gasteiger partial charge in [0.25, 0.3) is 0 Å². The third-order valence-electron chi connectivity index (χ3n) is 7.51. The molecule has 3 aromatic carbocycles. The molecule has 5 heterocycles. The summed E-state index contributed by atoms with van der Waals surface area (Å²) in [5, 5.41) is 25.9. The quantitative estimate of drug-likeness (QED) is 0.107. The van der Waals surface area contributed by atoms with Gasteiger partial charge in [0.2, 0.25) is 0 Å². The molecule has 4 aromatic heterocycles. The molecule has 1 saturated heterocycles. The molecule has 12 nitrogen and oxygen atoms in total. The number of pyridine rings is 4. The first-order valence-corrected chi connectivity index (χ1v) is 17.7. The van der Waals surface area contributed by atoms with Gasteiger partial charge in [-0.3, -0.25) is 0 Å². The maximum Gasteiger partial charge on any atom is 1.00 e. The second kappa shape index (κ2) is 30.6. The number of epoxide rings is 1. The molecule has 3 atom stereocenters. The van der Waals surface area contributed by atoms with Crippen LogP contribution in [-0.2, 0) is 4.74 Å². The van der Waals surface area contributed by atoms with Crippen molar-refractivity contribution in [2.24, 2.45) is 0 Å². The fourth-order valence-corrected chi connectivity index (χ4v) is 4.57. The third kappa shape index (κ3) is 21.7. The summed E-state index contributed by atoms with van der Waals surface area (Å²) < 4.78 is 5.09. The van der Waals surface area contributed by atoms with Crippen LogP contribution in [0, 0.1) is 0 Å². The van der Waals surface area contributed by atoms with Crippen LogP contribution in [-0.4, -0.2) is 49.8 Å². The van der Waals surface area contributed by atoms with E-state index < -0.39 is 12.2 Å². The minimum Gasteiger partial charge on any atom is -0.693 e. The van der Waals surface area contributed by atoms with Gasteiger partial charge in [-0.25, -0.2) is 15.0 Å². The number of aliphatic hydroxyl groups is 2. The SMILES string of the molecule is Nc1ccccn1.O[C@@H](CNc1ccccn1)c1ccccc1.O[C@@H](CNc1ccccn1)c1ccccc1.[Li+].[Li+].[NH-]c1ccccn1.[NH2-].c1ccc([C@@H]2CO2)cc1. The summed E-state index contributed by atoms with van der Waals surface area (Å²) in [6.07, 6.45) is 6.09. The predicted octanol–water partition coefficient (Wildman–Crippen LogP) is 3.37. The van der Waals surface area contributed by atoms with Crippen molar-refractivity contribution in [3.8, 4) is 0 Å². The number of aliphatic hydroxyl groups excluding tert-OH is 2. The van der Waals surface area contributed by atoms with Gasteiger partial charge in [-0.1, -0.05) is 139 Å². The topological polar surface area (TPSA) is 212 Å². The van der Waals surface area contributed by atoms with E-state index in [4.69, 9.17) is 16.2 Å². The van der Waals surface area contributed by atoms with Crippen LogP contribution in [0.1, 0.15) is 35.0 Å². The predicted molar refractivity (Wildman–Crippen MR) is 226 cm³/mol. The summed E-state index contributed by atoms with van der Waals surface area (Å²) in [4.78, 5) is 15.6. The van der Waals surface area contributed by atoms with Crippen LogP contribution in [0.25, 0.3) is 11.9 Å². The molecule has 9 N–H and O–H groups in total. The van der Waals surface area contributed by atoms with E-state index in [1.807, 2.05) is 127 Å². The van der Waals surface area contributed by atoms with Crippen LogP contribution in [0.5, 0.6) is 0 Å². The maximum atomic E-state index is 9.89. The number of nitrogen functional groups attached to an aromatic ring is 1. The zero-order chi connectivity index (χ0) is 38.8. The Kier molecular flexibility index (Phi) is 26.7. The summed E-state index contributed by atoms with van der Waals surface area (Å²) in [6, 6.07) is 51.4. The van der Waals surface area contributed by atoms with Crippen molar-refractivity contribution in [1.29, 1.82) is 0 Å². The molecule has 0 bridgehead atoms. The number of hydrogen-bond acceptors (Lipinski definition) is 10. The average Bonchev–Trinajstić information content (AvgIpc) is 4.12. The van der Waals surface area contributed by atoms with E-state index in [0.29, 0.717) is 30.8 Å². The Morgan fingerprint density at radius 2 is 0.931 bits per heavy atom. The molecule has 7 aromatic rings. The zero-order valence-electron chi connectivity index (χ0n) is 33.0. The number of benzene rings is 3. The van der Waals surface area contributed by atoms with Gasteiger partial charge in [-0.15, -0.1) is 0 Å². The van der Waals surface area contributed by atoms with E-state index in [-0.39, 0.29) is 43.9 Å². The number of nitrogens with one attached hydrogen (secondary N) is 3. The van der Waals surface area contributed by atoms with Crippen molar-refractivity contribution < 1.29 is 52.7 Å². The first-order valence-electron chi connectivity index (χ1n) is 17.7. The van der Waals surface area contributed by atoms with E-state index in [1.165, 1.54) is 5.56 Å². The molecule has 58 heavy (non-hydrogen) atoms. The standard InChI is InChI=1S/2C13H14N2O.C8H8O.C5H6N2.C5H5N2.2Li.H2N/c2*16-12(11-6-2-1-3-7-11)10-15-13-8-4-5-9-14-13;1-2-4-7(5-3-1)8-6-9-8;2*6-5-3-1-2-4-7-5;;;/h2*1-9,12,16H,10H2,(H,14,15);1-5,8H,6H2;1-4H,(H2,6,7);1-4H,(H-,6,7);;;1H2/q;;;;-1;2*+1;-1/t2*12-;8-;;;;;/m000...../s1. The first kappa shape index (κ1) is 50.5. The minimum atomic E-state index is -0.511. The van der Waals surface area contributed by atoms with Crippen LogP contribution in [0.4, 0.5) is 23.3 Å². The Hall–Kier alpha value is -5.51. The van der Waals surface area contributed by atoms with Crippen molar-refractivity contribution >= 4 is 23.3 Å². The van der Waals surface area contributed by atoms with Crippen LogP contribution < -0.4 is 54.1 Å². The molecule has 14 heteroatoms. The molecule has 0 saturated carbocycles. The molecule has 1 aliphatic rings. The molecule has 0 aliphatic carbocycles. The monoisotopic (exact) mass is 765 g/mol. The van der Waals surface area contributed by atoms with E-state index in [0.717, 1.165) is 29.4 Å². The smallest absolute Gasteiger partial charge is 0.693 e. The second-order valence-electron chi connectivity index (χ2n) is 11.7. The number of nitrogens with zero attached hydrogens (tertiary/aromatic N) is 4. The van der Waals surface area contributed by atoms with Crippen molar-refractivity contribution in [2.45, 2.75) is 18.3 Å². The van der Waals surface area contributed by atoms with Crippen LogP contribution in [0.3, 0.4) is 0 Å². The van der Waals surface area contributed by atoms with Gasteiger partial charge >= 0.3 is 37.7 Å². The molecular formula is C44H49Li2N9O3. The molecule has 0 spiro atoms. The first-order chi connectivity index (χ1) is 27.0. The van der Waals surface area contributed by atoms with E-state index in [1.54, 1.807) is 49.1 Å². The van der Waals surface area contributed by atoms with E-state index in [2.05, 4.69) is 42.7 Å². The van der Waals surface area contributed by atoms with Gasteiger partial charge < -0.3 is 48.2 Å². The van der Waals surface area contributed by atoms with Gasteiger partial charge in [0.05, 0.1) is 18.8 Å². The molecule has 0 radical (unpaired) electrons. The number of nitrogens with two attached hydrogens (primary N) is 2. The molecule has 1 aliphatic heterocycles. The Labute approximate surface area is 365 Å². The number of ether oxygens (including phenoxy) is 1. The minimum absolute atomic E-state index is 0.